The van der Waals surface area contributed by atoms with E-state index in [-0.39, 0.29) is 18.2 Å². The summed E-state index contributed by atoms with van der Waals surface area (Å²) < 4.78 is 29.4. The van der Waals surface area contributed by atoms with Crippen LogP contribution in [0.15, 0.2) is 16.5 Å². The largest absolute Gasteiger partial charge is 0.480 e. The molecule has 2 N–H and O–H groups in total. The van der Waals surface area contributed by atoms with Crippen molar-refractivity contribution < 1.29 is 23.1 Å². The fourth-order valence-corrected chi connectivity index (χ4v) is 2.15. The molecule has 0 aliphatic rings. The fraction of sp³-hybridized carbons (Fsp3) is 0.615. The number of alkyl halides is 2. The molecule has 0 radical (unpaired) electrons. The second-order valence-corrected chi connectivity index (χ2v) is 5.82. The first-order chi connectivity index (χ1) is 9.38. The molecule has 0 aliphatic heterocycles. The van der Waals surface area contributed by atoms with Crippen LogP contribution in [0.3, 0.4) is 0 Å². The van der Waals surface area contributed by atoms with Crippen LogP contribution in [0.4, 0.5) is 8.78 Å². The van der Waals surface area contributed by atoms with Gasteiger partial charge in [0.1, 0.15) is 17.6 Å². The Kier molecular flexibility index (Phi) is 7.01. The first kappa shape index (κ1) is 17.0. The molecule has 20 heavy (non-hydrogen) atoms. The lowest BCUT2D eigenvalue weighted by molar-refractivity contribution is -0.140. The van der Waals surface area contributed by atoms with E-state index in [1.807, 2.05) is 13.8 Å². The Bertz CT molecular complexity index is 424. The highest BCUT2D eigenvalue weighted by Crippen LogP contribution is 2.21. The second kappa shape index (κ2) is 8.26. The van der Waals surface area contributed by atoms with E-state index in [0.29, 0.717) is 29.7 Å². The average molecular weight is 307 g/mol. The quantitative estimate of drug-likeness (QED) is 0.733. The minimum absolute atomic E-state index is 0.103. The molecule has 0 saturated heterocycles. The Balaban J connectivity index is 2.45. The van der Waals surface area contributed by atoms with Crippen LogP contribution in [0, 0.1) is 5.92 Å². The summed E-state index contributed by atoms with van der Waals surface area (Å²) in [6.45, 7) is 4.16. The number of furan rings is 1. The van der Waals surface area contributed by atoms with Crippen molar-refractivity contribution in [2.45, 2.75) is 44.4 Å². The molecule has 0 bridgehead atoms. The van der Waals surface area contributed by atoms with Crippen molar-refractivity contribution in [1.29, 1.82) is 0 Å². The van der Waals surface area contributed by atoms with Crippen molar-refractivity contribution in [3.63, 3.8) is 0 Å². The van der Waals surface area contributed by atoms with E-state index in [1.54, 1.807) is 12.1 Å². The maximum Gasteiger partial charge on any atom is 0.320 e. The first-order valence-electron chi connectivity index (χ1n) is 6.32. The lowest BCUT2D eigenvalue weighted by atomic mass is 10.0. The van der Waals surface area contributed by atoms with E-state index < -0.39 is 17.8 Å². The smallest absolute Gasteiger partial charge is 0.320 e. The lowest BCUT2D eigenvalue weighted by Gasteiger charge is -2.15. The van der Waals surface area contributed by atoms with Gasteiger partial charge in [-0.1, -0.05) is 25.6 Å². The zero-order valence-electron chi connectivity index (χ0n) is 11.4. The monoisotopic (exact) mass is 307 g/mol. The number of carbonyl (C=O) groups is 1. The van der Waals surface area contributed by atoms with Crippen molar-refractivity contribution in [2.24, 2.45) is 5.92 Å². The van der Waals surface area contributed by atoms with Gasteiger partial charge < -0.3 is 9.52 Å². The molecular weight excluding hydrogens is 288 g/mol. The summed E-state index contributed by atoms with van der Waals surface area (Å²) in [5.74, 6) is -1.96. The Morgan fingerprint density at radius 3 is 2.60 bits per heavy atom. The highest BCUT2D eigenvalue weighted by atomic mass is 32.2. The van der Waals surface area contributed by atoms with Gasteiger partial charge >= 0.3 is 5.97 Å². The minimum Gasteiger partial charge on any atom is -0.480 e. The van der Waals surface area contributed by atoms with Crippen LogP contribution in [0.25, 0.3) is 0 Å². The van der Waals surface area contributed by atoms with Crippen molar-refractivity contribution in [2.75, 3.05) is 0 Å². The van der Waals surface area contributed by atoms with Gasteiger partial charge in [0.25, 0.3) is 5.76 Å². The molecule has 1 aromatic heterocycles. The first-order valence-corrected chi connectivity index (χ1v) is 7.37. The van der Waals surface area contributed by atoms with E-state index in [2.05, 4.69) is 5.32 Å². The Morgan fingerprint density at radius 1 is 1.40 bits per heavy atom. The number of carboxylic acid groups (broad SMARTS) is 1. The molecule has 4 nitrogen and oxygen atoms in total. The summed E-state index contributed by atoms with van der Waals surface area (Å²) in [7, 11) is 0. The second-order valence-electron chi connectivity index (χ2n) is 4.84. The molecule has 1 unspecified atom stereocenters. The van der Waals surface area contributed by atoms with Gasteiger partial charge in [0, 0.05) is 0 Å². The van der Waals surface area contributed by atoms with E-state index in [1.165, 1.54) is 0 Å². The molecule has 1 aromatic rings. The van der Waals surface area contributed by atoms with Gasteiger partial charge in [-0.3, -0.25) is 10.1 Å². The summed E-state index contributed by atoms with van der Waals surface area (Å²) >= 11 is 0.494. The topological polar surface area (TPSA) is 62.5 Å². The molecule has 1 heterocycles. The molecule has 0 fully saturated rings. The molecule has 0 saturated carbocycles. The standard InChI is InChI=1S/C13H19F2NO3S/c1-8(2)5-11(12(17)18)16-6-9-3-4-10(19-9)7-20-13(14)15/h3-4,8,11,13,16H,5-7H2,1-2H3,(H,17,18). The molecule has 0 spiro atoms. The molecular formula is C13H19F2NO3S. The van der Waals surface area contributed by atoms with Crippen molar-refractivity contribution >= 4 is 17.7 Å². The summed E-state index contributed by atoms with van der Waals surface area (Å²) in [6.07, 6.45) is 0.518. The maximum atomic E-state index is 12.0. The van der Waals surface area contributed by atoms with Gasteiger partial charge in [-0.05, 0) is 24.5 Å². The Hall–Kier alpha value is -1.08. The number of carboxylic acids is 1. The summed E-state index contributed by atoms with van der Waals surface area (Å²) in [6, 6.07) is 2.66. The number of thioether (sulfide) groups is 1. The predicted molar refractivity (Wildman–Crippen MR) is 73.7 cm³/mol. The third-order valence-electron chi connectivity index (χ3n) is 2.60. The average Bonchev–Trinajstić information content (AvgIpc) is 2.79. The summed E-state index contributed by atoms with van der Waals surface area (Å²) in [4.78, 5) is 11.1. The zero-order valence-corrected chi connectivity index (χ0v) is 12.3. The fourth-order valence-electron chi connectivity index (χ4n) is 1.71. The van der Waals surface area contributed by atoms with Crippen LogP contribution in [-0.2, 0) is 17.1 Å². The van der Waals surface area contributed by atoms with Gasteiger partial charge in [0.15, 0.2) is 0 Å². The van der Waals surface area contributed by atoms with Crippen LogP contribution in [0.2, 0.25) is 0 Å². The van der Waals surface area contributed by atoms with Crippen LogP contribution in [-0.4, -0.2) is 22.9 Å². The highest BCUT2D eigenvalue weighted by molar-refractivity contribution is 7.98. The van der Waals surface area contributed by atoms with Crippen LogP contribution in [0.5, 0.6) is 0 Å². The van der Waals surface area contributed by atoms with Crippen LogP contribution in [0.1, 0.15) is 31.8 Å². The van der Waals surface area contributed by atoms with E-state index in [9.17, 15) is 13.6 Å². The molecule has 0 aromatic carbocycles. The molecule has 0 amide bonds. The van der Waals surface area contributed by atoms with Gasteiger partial charge in [0.05, 0.1) is 12.3 Å². The maximum absolute atomic E-state index is 12.0. The van der Waals surface area contributed by atoms with Gasteiger partial charge in [0.2, 0.25) is 0 Å². The Morgan fingerprint density at radius 2 is 2.05 bits per heavy atom. The molecule has 114 valence electrons. The van der Waals surface area contributed by atoms with Crippen molar-refractivity contribution in [3.8, 4) is 0 Å². The third-order valence-corrected chi connectivity index (χ3v) is 3.30. The predicted octanol–water partition coefficient (Wildman–Crippen LogP) is 3.32. The summed E-state index contributed by atoms with van der Waals surface area (Å²) in [5, 5.41) is 12.0. The molecule has 7 heteroatoms. The van der Waals surface area contributed by atoms with Crippen LogP contribution < -0.4 is 5.32 Å². The zero-order chi connectivity index (χ0) is 15.1. The van der Waals surface area contributed by atoms with E-state index >= 15 is 0 Å². The van der Waals surface area contributed by atoms with Crippen molar-refractivity contribution in [3.05, 3.63) is 23.7 Å². The highest BCUT2D eigenvalue weighted by Gasteiger charge is 2.18. The van der Waals surface area contributed by atoms with Crippen molar-refractivity contribution in [1.82, 2.24) is 5.32 Å². The SMILES string of the molecule is CC(C)CC(NCc1ccc(CSC(F)F)o1)C(=O)O. The number of aliphatic carboxylic acids is 1. The number of rotatable bonds is 9. The number of hydrogen-bond acceptors (Lipinski definition) is 4. The minimum atomic E-state index is -2.43. The Labute approximate surface area is 120 Å². The van der Waals surface area contributed by atoms with E-state index in [4.69, 9.17) is 9.52 Å². The van der Waals surface area contributed by atoms with Crippen LogP contribution >= 0.6 is 11.8 Å². The number of halogens is 2. The number of hydrogen-bond donors (Lipinski definition) is 2. The molecule has 1 atom stereocenters. The van der Waals surface area contributed by atoms with E-state index in [0.717, 1.165) is 0 Å². The lowest BCUT2D eigenvalue weighted by Crippen LogP contribution is -2.37. The van der Waals surface area contributed by atoms with Gasteiger partial charge in [-0.2, -0.15) is 8.78 Å². The molecule has 1 rings (SSSR count). The molecule has 0 aliphatic carbocycles. The van der Waals surface area contributed by atoms with Gasteiger partial charge in [-0.15, -0.1) is 0 Å². The third kappa shape index (κ3) is 6.38. The summed E-state index contributed by atoms with van der Waals surface area (Å²) in [5.41, 5.74) is 0. The normalized spacial score (nSPS) is 13.1. The number of nitrogens with one attached hydrogen (secondary N) is 1. The van der Waals surface area contributed by atoms with Gasteiger partial charge in [-0.25, -0.2) is 0 Å².